The van der Waals surface area contributed by atoms with E-state index in [-0.39, 0.29) is 12.0 Å². The largest absolute Gasteiger partial charge is 0.462 e. The summed E-state index contributed by atoms with van der Waals surface area (Å²) in [6.07, 6.45) is 4.14. The number of benzene rings is 1. The number of carbonyl (C=O) groups is 1. The molecule has 2 fully saturated rings. The van der Waals surface area contributed by atoms with E-state index in [0.29, 0.717) is 25.1 Å². The summed E-state index contributed by atoms with van der Waals surface area (Å²) in [4.78, 5) is 15.7. The molecule has 11 atom stereocenters. The van der Waals surface area contributed by atoms with Crippen LogP contribution >= 0.6 is 0 Å². The first kappa shape index (κ1) is 45.3. The van der Waals surface area contributed by atoms with Crippen LogP contribution in [0.3, 0.4) is 0 Å². The molecule has 2 aliphatic rings. The molecule has 2 aliphatic heterocycles. The zero-order valence-corrected chi connectivity index (χ0v) is 32.2. The zero-order chi connectivity index (χ0) is 39.7. The Morgan fingerprint density at radius 3 is 1.95 bits per heavy atom. The van der Waals surface area contributed by atoms with E-state index in [1.807, 2.05) is 13.1 Å². The van der Waals surface area contributed by atoms with Crippen molar-refractivity contribution in [3.8, 4) is 5.75 Å². The number of amides is 1. The molecule has 15 nitrogen and oxygen atoms in total. The van der Waals surface area contributed by atoms with Crippen molar-refractivity contribution in [2.24, 2.45) is 0 Å². The Balaban J connectivity index is 1.13. The lowest BCUT2D eigenvalue weighted by Gasteiger charge is -2.42. The van der Waals surface area contributed by atoms with E-state index >= 15 is 0 Å². The second-order valence-electron chi connectivity index (χ2n) is 15.3. The molecule has 0 spiro atoms. The Hall–Kier alpha value is -2.41. The van der Waals surface area contributed by atoms with E-state index in [4.69, 9.17) is 18.9 Å². The quantitative estimate of drug-likeness (QED) is 0.0650. The van der Waals surface area contributed by atoms with Crippen LogP contribution in [-0.4, -0.2) is 139 Å². The fourth-order valence-corrected chi connectivity index (χ4v) is 7.21. The van der Waals surface area contributed by atoms with Crippen molar-refractivity contribution >= 4 is 16.8 Å². The van der Waals surface area contributed by atoms with E-state index in [9.17, 15) is 45.6 Å². The van der Waals surface area contributed by atoms with Crippen molar-refractivity contribution in [1.82, 2.24) is 10.3 Å². The summed E-state index contributed by atoms with van der Waals surface area (Å²) >= 11 is 0. The lowest BCUT2D eigenvalue weighted by molar-refractivity contribution is -0.323. The van der Waals surface area contributed by atoms with Gasteiger partial charge >= 0.3 is 0 Å². The summed E-state index contributed by atoms with van der Waals surface area (Å²) in [5.74, 6) is 0.346. The van der Waals surface area contributed by atoms with Gasteiger partial charge in [-0.3, -0.25) is 4.79 Å². The van der Waals surface area contributed by atoms with Gasteiger partial charge in [-0.05, 0) is 49.9 Å². The first-order valence-corrected chi connectivity index (χ1v) is 20.3. The molecule has 2 aromatic rings. The molecule has 0 radical (unpaired) electrons. The molecule has 0 bridgehead atoms. The summed E-state index contributed by atoms with van der Waals surface area (Å²) in [7, 11) is 0. The summed E-state index contributed by atoms with van der Waals surface area (Å²) in [6, 6.07) is 5.19. The fourth-order valence-electron chi connectivity index (χ4n) is 7.21. The molecule has 3 heterocycles. The summed E-state index contributed by atoms with van der Waals surface area (Å²) in [5.41, 5.74) is 1.78. The highest BCUT2D eigenvalue weighted by atomic mass is 16.7. The van der Waals surface area contributed by atoms with Crippen LogP contribution in [0.15, 0.2) is 24.4 Å². The lowest BCUT2D eigenvalue weighted by Crippen LogP contribution is -2.62. The van der Waals surface area contributed by atoms with Crippen molar-refractivity contribution < 1.29 is 64.6 Å². The normalized spacial score (nSPS) is 29.0. The molecular formula is C40H66N2O13. The Labute approximate surface area is 324 Å². The molecular weight excluding hydrogens is 716 g/mol. The van der Waals surface area contributed by atoms with Crippen molar-refractivity contribution in [2.75, 3.05) is 19.8 Å². The number of H-pyrrole nitrogens is 1. The van der Waals surface area contributed by atoms with Crippen molar-refractivity contribution in [2.45, 2.75) is 177 Å². The number of rotatable bonds is 25. The Morgan fingerprint density at radius 1 is 0.764 bits per heavy atom. The van der Waals surface area contributed by atoms with Gasteiger partial charge in [-0.1, -0.05) is 77.0 Å². The molecule has 1 aromatic heterocycles. The Morgan fingerprint density at radius 2 is 1.33 bits per heavy atom. The average molecular weight is 783 g/mol. The van der Waals surface area contributed by atoms with Crippen LogP contribution in [0.4, 0.5) is 0 Å². The number of aromatic amines is 1. The summed E-state index contributed by atoms with van der Waals surface area (Å²) < 4.78 is 22.5. The highest BCUT2D eigenvalue weighted by Crippen LogP contribution is 2.30. The van der Waals surface area contributed by atoms with E-state index in [2.05, 4.69) is 10.3 Å². The molecule has 0 saturated carbocycles. The Kier molecular flexibility index (Phi) is 19.5. The number of carbonyl (C=O) groups excluding carboxylic acids is 1. The van der Waals surface area contributed by atoms with Crippen LogP contribution < -0.4 is 10.1 Å². The molecule has 2 saturated heterocycles. The smallest absolute Gasteiger partial charge is 0.229 e. The SMILES string of the molecule is C[C@H](O)CCCCCCCCCCCCCCCC(=O)NCCc1c[nH]c2ccc(O[C@@H]3O[C@H](CO[C@@H]4O[C@H](CO)[C@@H](O)[C@H](O)[C@H]4O)[C@@H](O)[C@H](O)[C@H]3O)cc12. The number of hydrogen-bond acceptors (Lipinski definition) is 13. The molecule has 1 aromatic carbocycles. The molecule has 1 amide bonds. The van der Waals surface area contributed by atoms with Gasteiger partial charge in [0.2, 0.25) is 12.2 Å². The highest BCUT2D eigenvalue weighted by molar-refractivity contribution is 5.84. The number of aliphatic hydroxyl groups is 8. The van der Waals surface area contributed by atoms with E-state index in [1.54, 1.807) is 18.2 Å². The predicted octanol–water partition coefficient (Wildman–Crippen LogP) is 2.06. The van der Waals surface area contributed by atoms with Crippen LogP contribution in [0.1, 0.15) is 109 Å². The fraction of sp³-hybridized carbons (Fsp3) is 0.775. The minimum absolute atomic E-state index is 0.0315. The number of nitrogens with one attached hydrogen (secondary N) is 2. The maximum atomic E-state index is 12.5. The van der Waals surface area contributed by atoms with Gasteiger partial charge in [0.25, 0.3) is 0 Å². The summed E-state index contributed by atoms with van der Waals surface area (Å²) in [6.45, 7) is 1.21. The van der Waals surface area contributed by atoms with Gasteiger partial charge in [-0.2, -0.15) is 0 Å². The van der Waals surface area contributed by atoms with Gasteiger partial charge in [0.05, 0.1) is 19.3 Å². The molecule has 0 unspecified atom stereocenters. The van der Waals surface area contributed by atoms with E-state index < -0.39 is 74.6 Å². The molecule has 4 rings (SSSR count). The maximum Gasteiger partial charge on any atom is 0.229 e. The number of aliphatic hydroxyl groups excluding tert-OH is 8. The second-order valence-corrected chi connectivity index (χ2v) is 15.3. The second kappa shape index (κ2) is 23.7. The van der Waals surface area contributed by atoms with Gasteiger partial charge in [-0.15, -0.1) is 0 Å². The van der Waals surface area contributed by atoms with Crippen molar-refractivity contribution in [1.29, 1.82) is 0 Å². The first-order chi connectivity index (χ1) is 26.5. The van der Waals surface area contributed by atoms with Crippen LogP contribution in [0, 0.1) is 0 Å². The standard InChI is InChI=1S/C40H66N2O13/c1-25(44)15-13-11-9-7-5-3-2-4-6-8-10-12-14-16-32(45)41-20-19-26-22-42-29-18-17-27(21-28(26)29)53-40-38(51)36(49)34(47)31(55-40)24-52-39-37(50)35(48)33(46)30(23-43)54-39/h17-18,21-22,25,30-31,33-40,42-44,46-51H,2-16,19-20,23-24H2,1H3,(H,41,45)/t25-,30+,31+,33+,34+,35-,36-,37+,38+,39+,40+/m0/s1. The van der Waals surface area contributed by atoms with Crippen LogP contribution in [0.2, 0.25) is 0 Å². The van der Waals surface area contributed by atoms with E-state index in [1.165, 1.54) is 57.8 Å². The zero-order valence-electron chi connectivity index (χ0n) is 32.2. The predicted molar refractivity (Wildman–Crippen MR) is 203 cm³/mol. The van der Waals surface area contributed by atoms with Gasteiger partial charge in [0.1, 0.15) is 54.6 Å². The number of hydrogen-bond donors (Lipinski definition) is 10. The molecule has 15 heteroatoms. The molecule has 314 valence electrons. The third kappa shape index (κ3) is 14.2. The molecule has 55 heavy (non-hydrogen) atoms. The topological polar surface area (TPSA) is 244 Å². The monoisotopic (exact) mass is 782 g/mol. The minimum Gasteiger partial charge on any atom is -0.462 e. The van der Waals surface area contributed by atoms with Crippen molar-refractivity contribution in [3.63, 3.8) is 0 Å². The van der Waals surface area contributed by atoms with Gasteiger partial charge in [0.15, 0.2) is 6.29 Å². The molecule has 0 aliphatic carbocycles. The van der Waals surface area contributed by atoms with Crippen LogP contribution in [-0.2, 0) is 25.4 Å². The number of ether oxygens (including phenoxy) is 4. The van der Waals surface area contributed by atoms with Crippen LogP contribution in [0.25, 0.3) is 10.9 Å². The lowest BCUT2D eigenvalue weighted by atomic mass is 9.98. The number of unbranched alkanes of at least 4 members (excludes halogenated alkanes) is 12. The van der Waals surface area contributed by atoms with Gasteiger partial charge in [0, 0.05) is 30.1 Å². The number of fused-ring (bicyclic) bond motifs is 1. The molecule has 10 N–H and O–H groups in total. The first-order valence-electron chi connectivity index (χ1n) is 20.3. The van der Waals surface area contributed by atoms with E-state index in [0.717, 1.165) is 48.6 Å². The van der Waals surface area contributed by atoms with Gasteiger partial charge < -0.3 is 70.1 Å². The van der Waals surface area contributed by atoms with Crippen molar-refractivity contribution in [3.05, 3.63) is 30.0 Å². The average Bonchev–Trinajstić information content (AvgIpc) is 3.57. The third-order valence-corrected chi connectivity index (χ3v) is 10.7. The maximum absolute atomic E-state index is 12.5. The summed E-state index contributed by atoms with van der Waals surface area (Å²) in [5, 5.41) is 84.6. The minimum atomic E-state index is -1.68. The highest BCUT2D eigenvalue weighted by Gasteiger charge is 2.48. The Bertz CT molecular complexity index is 1380. The van der Waals surface area contributed by atoms with Crippen LogP contribution in [0.5, 0.6) is 5.75 Å². The third-order valence-electron chi connectivity index (χ3n) is 10.7. The van der Waals surface area contributed by atoms with Gasteiger partial charge in [-0.25, -0.2) is 0 Å². The number of aromatic nitrogens is 1.